The Kier molecular flexibility index (Phi) is 7.30. The van der Waals surface area contributed by atoms with Crippen molar-refractivity contribution in [1.29, 1.82) is 0 Å². The van der Waals surface area contributed by atoms with Crippen molar-refractivity contribution >= 4 is 5.69 Å². The van der Waals surface area contributed by atoms with Gasteiger partial charge >= 0.3 is 0 Å². The second kappa shape index (κ2) is 8.77. The molecular formula is C15H27N3O. The van der Waals surface area contributed by atoms with Crippen LogP contribution in [0.1, 0.15) is 12.8 Å². The summed E-state index contributed by atoms with van der Waals surface area (Å²) in [5.41, 5.74) is 6.39. The van der Waals surface area contributed by atoms with Crippen molar-refractivity contribution < 1.29 is 4.74 Å². The van der Waals surface area contributed by atoms with E-state index in [1.165, 1.54) is 6.42 Å². The molecule has 0 bridgehead atoms. The third kappa shape index (κ3) is 7.70. The van der Waals surface area contributed by atoms with Gasteiger partial charge in [0, 0.05) is 12.2 Å². The first-order valence-electron chi connectivity index (χ1n) is 6.89. The topological polar surface area (TPSA) is 41.7 Å². The number of ether oxygens (including phenoxy) is 1. The highest BCUT2D eigenvalue weighted by molar-refractivity contribution is 5.41. The number of nitrogens with two attached hydrogens (primary N) is 1. The van der Waals surface area contributed by atoms with E-state index in [4.69, 9.17) is 10.5 Å². The van der Waals surface area contributed by atoms with Crippen LogP contribution in [0.15, 0.2) is 24.3 Å². The zero-order chi connectivity index (χ0) is 14.1. The molecule has 4 heteroatoms. The molecule has 2 N–H and O–H groups in total. The Morgan fingerprint density at radius 1 is 0.947 bits per heavy atom. The van der Waals surface area contributed by atoms with Gasteiger partial charge in [-0.2, -0.15) is 0 Å². The van der Waals surface area contributed by atoms with E-state index in [1.807, 2.05) is 24.3 Å². The van der Waals surface area contributed by atoms with Crippen molar-refractivity contribution in [2.75, 3.05) is 53.1 Å². The zero-order valence-corrected chi connectivity index (χ0v) is 12.4. The first-order chi connectivity index (χ1) is 9.08. The van der Waals surface area contributed by atoms with Crippen LogP contribution in [-0.2, 0) is 0 Å². The summed E-state index contributed by atoms with van der Waals surface area (Å²) in [6.07, 6.45) is 2.26. The maximum absolute atomic E-state index is 5.66. The Morgan fingerprint density at radius 3 is 2.21 bits per heavy atom. The molecule has 108 valence electrons. The number of nitrogens with zero attached hydrogens (tertiary/aromatic N) is 2. The molecule has 0 fully saturated rings. The van der Waals surface area contributed by atoms with E-state index in [-0.39, 0.29) is 0 Å². The molecule has 0 atom stereocenters. The van der Waals surface area contributed by atoms with Crippen LogP contribution in [0.5, 0.6) is 5.75 Å². The highest BCUT2D eigenvalue weighted by Crippen LogP contribution is 2.13. The van der Waals surface area contributed by atoms with Crippen molar-refractivity contribution in [1.82, 2.24) is 9.80 Å². The Labute approximate surface area is 117 Å². The predicted molar refractivity (Wildman–Crippen MR) is 81.6 cm³/mol. The minimum absolute atomic E-state index is 0.752. The van der Waals surface area contributed by atoms with Gasteiger partial charge in [-0.3, -0.25) is 0 Å². The van der Waals surface area contributed by atoms with E-state index in [0.717, 1.165) is 44.1 Å². The minimum Gasteiger partial charge on any atom is -0.494 e. The van der Waals surface area contributed by atoms with Gasteiger partial charge in [0.25, 0.3) is 0 Å². The molecule has 1 aromatic carbocycles. The normalized spacial score (nSPS) is 11.2. The molecule has 0 aromatic heterocycles. The molecule has 0 unspecified atom stereocenters. The van der Waals surface area contributed by atoms with Gasteiger partial charge < -0.3 is 20.3 Å². The summed E-state index contributed by atoms with van der Waals surface area (Å²) >= 11 is 0. The monoisotopic (exact) mass is 265 g/mol. The lowest BCUT2D eigenvalue weighted by Gasteiger charge is -2.18. The Balaban J connectivity index is 2.05. The van der Waals surface area contributed by atoms with E-state index < -0.39 is 0 Å². The van der Waals surface area contributed by atoms with E-state index in [1.54, 1.807) is 0 Å². The summed E-state index contributed by atoms with van der Waals surface area (Å²) < 4.78 is 5.66. The third-order valence-electron chi connectivity index (χ3n) is 2.98. The van der Waals surface area contributed by atoms with Crippen LogP contribution < -0.4 is 10.5 Å². The van der Waals surface area contributed by atoms with E-state index in [9.17, 15) is 0 Å². The maximum Gasteiger partial charge on any atom is 0.119 e. The quantitative estimate of drug-likeness (QED) is 0.547. The van der Waals surface area contributed by atoms with Crippen molar-refractivity contribution in [3.05, 3.63) is 24.3 Å². The van der Waals surface area contributed by atoms with Gasteiger partial charge in [0.15, 0.2) is 0 Å². The molecule has 1 aromatic rings. The smallest absolute Gasteiger partial charge is 0.119 e. The van der Waals surface area contributed by atoms with Crippen LogP contribution in [0, 0.1) is 0 Å². The highest BCUT2D eigenvalue weighted by atomic mass is 16.5. The molecule has 0 spiro atoms. The van der Waals surface area contributed by atoms with Crippen LogP contribution in [0.25, 0.3) is 0 Å². The second-order valence-electron chi connectivity index (χ2n) is 5.23. The van der Waals surface area contributed by atoms with Gasteiger partial charge in [0.1, 0.15) is 5.75 Å². The van der Waals surface area contributed by atoms with Gasteiger partial charge in [-0.05, 0) is 71.3 Å². The number of anilines is 1. The van der Waals surface area contributed by atoms with Gasteiger partial charge in [-0.1, -0.05) is 0 Å². The Morgan fingerprint density at radius 2 is 1.58 bits per heavy atom. The predicted octanol–water partition coefficient (Wildman–Crippen LogP) is 1.92. The molecule has 0 heterocycles. The number of rotatable bonds is 9. The van der Waals surface area contributed by atoms with Crippen molar-refractivity contribution in [3.8, 4) is 5.75 Å². The lowest BCUT2D eigenvalue weighted by Crippen LogP contribution is -2.25. The molecule has 0 saturated heterocycles. The van der Waals surface area contributed by atoms with E-state index in [2.05, 4.69) is 30.9 Å². The summed E-state index contributed by atoms with van der Waals surface area (Å²) in [6, 6.07) is 7.55. The molecule has 0 aliphatic rings. The lowest BCUT2D eigenvalue weighted by molar-refractivity contribution is 0.254. The number of hydrogen-bond acceptors (Lipinski definition) is 4. The van der Waals surface area contributed by atoms with E-state index >= 15 is 0 Å². The number of benzene rings is 1. The summed E-state index contributed by atoms with van der Waals surface area (Å²) in [4.78, 5) is 4.58. The van der Waals surface area contributed by atoms with Crippen LogP contribution in [-0.4, -0.2) is 57.2 Å². The third-order valence-corrected chi connectivity index (χ3v) is 2.98. The summed E-state index contributed by atoms with van der Waals surface area (Å²) in [5, 5.41) is 0. The van der Waals surface area contributed by atoms with Crippen LogP contribution in [0.3, 0.4) is 0 Å². The summed E-state index contributed by atoms with van der Waals surface area (Å²) in [7, 11) is 6.39. The highest BCUT2D eigenvalue weighted by Gasteiger charge is 1.99. The molecule has 0 aliphatic carbocycles. The van der Waals surface area contributed by atoms with Crippen molar-refractivity contribution in [2.45, 2.75) is 12.8 Å². The molecule has 0 saturated carbocycles. The molecule has 0 amide bonds. The van der Waals surface area contributed by atoms with E-state index in [0.29, 0.717) is 0 Å². The van der Waals surface area contributed by atoms with Gasteiger partial charge in [-0.25, -0.2) is 0 Å². The molecule has 4 nitrogen and oxygen atoms in total. The molecule has 19 heavy (non-hydrogen) atoms. The molecule has 0 aliphatic heterocycles. The van der Waals surface area contributed by atoms with Gasteiger partial charge in [-0.15, -0.1) is 0 Å². The minimum atomic E-state index is 0.752. The largest absolute Gasteiger partial charge is 0.494 e. The molecular weight excluding hydrogens is 238 g/mol. The van der Waals surface area contributed by atoms with Crippen LogP contribution >= 0.6 is 0 Å². The SMILES string of the molecule is CN(C)CCCN(C)CCCOc1ccc(N)cc1. The fraction of sp³-hybridized carbons (Fsp3) is 0.600. The molecule has 1 rings (SSSR count). The first kappa shape index (κ1) is 15.8. The number of hydrogen-bond donors (Lipinski definition) is 1. The van der Waals surface area contributed by atoms with Crippen molar-refractivity contribution in [3.63, 3.8) is 0 Å². The average Bonchev–Trinajstić information content (AvgIpc) is 2.36. The maximum atomic E-state index is 5.66. The Bertz CT molecular complexity index is 338. The summed E-state index contributed by atoms with van der Waals surface area (Å²) in [5.74, 6) is 0.893. The average molecular weight is 265 g/mol. The first-order valence-corrected chi connectivity index (χ1v) is 6.89. The second-order valence-corrected chi connectivity index (χ2v) is 5.23. The number of nitrogen functional groups attached to an aromatic ring is 1. The van der Waals surface area contributed by atoms with Crippen molar-refractivity contribution in [2.24, 2.45) is 0 Å². The Hall–Kier alpha value is -1.26. The summed E-state index contributed by atoms with van der Waals surface area (Å²) in [6.45, 7) is 4.11. The van der Waals surface area contributed by atoms with Crippen LogP contribution in [0.2, 0.25) is 0 Å². The van der Waals surface area contributed by atoms with Gasteiger partial charge in [0.2, 0.25) is 0 Å². The fourth-order valence-electron chi connectivity index (χ4n) is 1.86. The van der Waals surface area contributed by atoms with Gasteiger partial charge in [0.05, 0.1) is 6.61 Å². The standard InChI is InChI=1S/C15H27N3O/c1-17(2)10-4-11-18(3)12-5-13-19-15-8-6-14(16)7-9-15/h6-9H,4-5,10-13,16H2,1-3H3. The zero-order valence-electron chi connectivity index (χ0n) is 12.4. The lowest BCUT2D eigenvalue weighted by atomic mass is 10.3. The van der Waals surface area contributed by atoms with Crippen LogP contribution in [0.4, 0.5) is 5.69 Å². The molecule has 0 radical (unpaired) electrons. The fourth-order valence-corrected chi connectivity index (χ4v) is 1.86.